The molecule has 18 heavy (non-hydrogen) atoms. The van der Waals surface area contributed by atoms with Gasteiger partial charge in [0, 0.05) is 11.6 Å². The number of likely N-dealkylation sites (N-methyl/N-ethyl adjacent to an activating group) is 1. The van der Waals surface area contributed by atoms with Crippen LogP contribution in [0.2, 0.25) is 0 Å². The highest BCUT2D eigenvalue weighted by Crippen LogP contribution is 2.17. The number of rotatable bonds is 5. The van der Waals surface area contributed by atoms with Crippen molar-refractivity contribution in [3.05, 3.63) is 35.4 Å². The molecule has 2 N–H and O–H groups in total. The Morgan fingerprint density at radius 2 is 2.33 bits per heavy atom. The van der Waals surface area contributed by atoms with Gasteiger partial charge < -0.3 is 10.2 Å². The zero-order valence-electron chi connectivity index (χ0n) is 10.6. The van der Waals surface area contributed by atoms with Crippen molar-refractivity contribution >= 4 is 5.91 Å². The predicted octanol–water partition coefficient (Wildman–Crippen LogP) is -0.148. The predicted molar refractivity (Wildman–Crippen MR) is 67.8 cm³/mol. The largest absolute Gasteiger partial charge is 0.348 e. The molecule has 0 radical (unpaired) electrons. The first-order valence-corrected chi connectivity index (χ1v) is 6.27. The summed E-state index contributed by atoms with van der Waals surface area (Å²) in [5.41, 5.74) is 1.76. The highest BCUT2D eigenvalue weighted by atomic mass is 16.2. The van der Waals surface area contributed by atoms with Crippen LogP contribution in [0.25, 0.3) is 0 Å². The monoisotopic (exact) mass is 244 g/mol. The molecule has 1 aliphatic rings. The Morgan fingerprint density at radius 3 is 3.00 bits per heavy atom. The Kier molecular flexibility index (Phi) is 3.96. The maximum atomic E-state index is 11.6. The molecule has 1 saturated carbocycles. The van der Waals surface area contributed by atoms with Crippen LogP contribution in [-0.4, -0.2) is 25.5 Å². The quantitative estimate of drug-likeness (QED) is 0.757. The van der Waals surface area contributed by atoms with Crippen LogP contribution in [0, 0.1) is 11.3 Å². The summed E-state index contributed by atoms with van der Waals surface area (Å²) < 4.78 is 0. The molecule has 1 aromatic carbocycles. The van der Waals surface area contributed by atoms with Gasteiger partial charge in [0.2, 0.25) is 0 Å². The molecule has 4 heteroatoms. The Bertz CT molecular complexity index is 474. The van der Waals surface area contributed by atoms with E-state index in [4.69, 9.17) is 5.26 Å². The third-order valence-electron chi connectivity index (χ3n) is 2.97. The van der Waals surface area contributed by atoms with Crippen LogP contribution in [0.3, 0.4) is 0 Å². The maximum Gasteiger partial charge on any atom is 0.275 e. The highest BCUT2D eigenvalue weighted by Gasteiger charge is 2.24. The zero-order valence-corrected chi connectivity index (χ0v) is 10.6. The first-order chi connectivity index (χ1) is 8.67. The van der Waals surface area contributed by atoms with Crippen molar-refractivity contribution in [3.63, 3.8) is 0 Å². The van der Waals surface area contributed by atoms with Crippen LogP contribution in [0.4, 0.5) is 0 Å². The Labute approximate surface area is 107 Å². The van der Waals surface area contributed by atoms with Crippen LogP contribution >= 0.6 is 0 Å². The molecular weight excluding hydrogens is 226 g/mol. The summed E-state index contributed by atoms with van der Waals surface area (Å²) in [5.74, 6) is 0.117. The molecule has 1 atom stereocenters. The molecule has 0 aliphatic heterocycles. The minimum Gasteiger partial charge on any atom is -0.348 e. The normalized spacial score (nSPS) is 15.8. The number of amides is 1. The molecule has 0 aromatic heterocycles. The van der Waals surface area contributed by atoms with E-state index in [-0.39, 0.29) is 5.91 Å². The summed E-state index contributed by atoms with van der Waals surface area (Å²) in [5, 5.41) is 11.8. The number of hydrogen-bond donors (Lipinski definition) is 2. The molecule has 0 bridgehead atoms. The summed E-state index contributed by atoms with van der Waals surface area (Å²) >= 11 is 0. The van der Waals surface area contributed by atoms with Crippen molar-refractivity contribution in [2.45, 2.75) is 25.4 Å². The molecule has 94 valence electrons. The molecule has 2 rings (SSSR count). The highest BCUT2D eigenvalue weighted by molar-refractivity contribution is 5.77. The maximum absolute atomic E-state index is 11.6. The van der Waals surface area contributed by atoms with Crippen LogP contribution in [-0.2, 0) is 11.3 Å². The van der Waals surface area contributed by atoms with Crippen molar-refractivity contribution < 1.29 is 9.69 Å². The fraction of sp³-hybridized carbons (Fsp3) is 0.429. The number of carbonyl (C=O) groups is 1. The minimum absolute atomic E-state index is 0.117. The molecule has 4 nitrogen and oxygen atoms in total. The second-order valence-corrected chi connectivity index (χ2v) is 4.96. The van der Waals surface area contributed by atoms with Crippen molar-refractivity contribution in [2.75, 3.05) is 13.6 Å². The van der Waals surface area contributed by atoms with Crippen LogP contribution in [0.1, 0.15) is 24.0 Å². The topological polar surface area (TPSA) is 57.3 Å². The number of nitriles is 1. The van der Waals surface area contributed by atoms with Gasteiger partial charge in [-0.25, -0.2) is 0 Å². The van der Waals surface area contributed by atoms with E-state index in [0.717, 1.165) is 29.8 Å². The lowest BCUT2D eigenvalue weighted by atomic mass is 10.1. The van der Waals surface area contributed by atoms with E-state index in [1.54, 1.807) is 6.07 Å². The van der Waals surface area contributed by atoms with E-state index in [0.29, 0.717) is 18.2 Å². The fourth-order valence-corrected chi connectivity index (χ4v) is 1.94. The lowest BCUT2D eigenvalue weighted by Crippen LogP contribution is -3.08. The van der Waals surface area contributed by atoms with Crippen molar-refractivity contribution in [1.82, 2.24) is 5.32 Å². The van der Waals surface area contributed by atoms with Crippen LogP contribution < -0.4 is 10.2 Å². The number of benzene rings is 1. The van der Waals surface area contributed by atoms with Gasteiger partial charge in [-0.15, -0.1) is 0 Å². The van der Waals surface area contributed by atoms with E-state index in [1.165, 1.54) is 0 Å². The Morgan fingerprint density at radius 1 is 1.56 bits per heavy atom. The summed E-state index contributed by atoms with van der Waals surface area (Å²) in [6, 6.07) is 10.1. The second kappa shape index (κ2) is 5.65. The smallest absolute Gasteiger partial charge is 0.275 e. The van der Waals surface area contributed by atoms with E-state index in [9.17, 15) is 4.79 Å². The number of hydrogen-bond acceptors (Lipinski definition) is 2. The molecule has 1 aliphatic carbocycles. The Hall–Kier alpha value is -1.86. The average molecular weight is 244 g/mol. The lowest BCUT2D eigenvalue weighted by Gasteiger charge is -2.13. The first kappa shape index (κ1) is 12.6. The molecule has 1 amide bonds. The minimum atomic E-state index is 0.117. The average Bonchev–Trinajstić information content (AvgIpc) is 3.12. The second-order valence-electron chi connectivity index (χ2n) is 4.96. The zero-order chi connectivity index (χ0) is 13.0. The van der Waals surface area contributed by atoms with E-state index >= 15 is 0 Å². The molecular formula is C14H18N3O+. The fourth-order valence-electron chi connectivity index (χ4n) is 1.94. The van der Waals surface area contributed by atoms with Gasteiger partial charge in [-0.05, 0) is 25.0 Å². The molecule has 1 aromatic rings. The summed E-state index contributed by atoms with van der Waals surface area (Å²) in [7, 11) is 1.99. The number of carbonyl (C=O) groups excluding carboxylic acids is 1. The van der Waals surface area contributed by atoms with Gasteiger partial charge in [-0.1, -0.05) is 12.1 Å². The number of nitrogens with zero attached hydrogens (tertiary/aromatic N) is 1. The number of nitrogens with one attached hydrogen (secondary N) is 2. The SMILES string of the molecule is C[NH+](CC(=O)NC1CC1)Cc1cccc(C#N)c1. The summed E-state index contributed by atoms with van der Waals surface area (Å²) in [6.07, 6.45) is 2.24. The molecule has 0 saturated heterocycles. The van der Waals surface area contributed by atoms with Crippen LogP contribution in [0.5, 0.6) is 0 Å². The van der Waals surface area contributed by atoms with Gasteiger partial charge >= 0.3 is 0 Å². The van der Waals surface area contributed by atoms with E-state index < -0.39 is 0 Å². The van der Waals surface area contributed by atoms with Gasteiger partial charge in [-0.2, -0.15) is 5.26 Å². The molecule has 1 fully saturated rings. The van der Waals surface area contributed by atoms with Crippen molar-refractivity contribution in [3.8, 4) is 6.07 Å². The van der Waals surface area contributed by atoms with Gasteiger partial charge in [0.05, 0.1) is 18.7 Å². The van der Waals surface area contributed by atoms with Crippen LogP contribution in [0.15, 0.2) is 24.3 Å². The standard InChI is InChI=1S/C14H17N3O/c1-17(10-14(18)16-13-5-6-13)9-12-4-2-3-11(7-12)8-15/h2-4,7,13H,5-6,9-10H2,1H3,(H,16,18)/p+1. The Balaban J connectivity index is 1.83. The van der Waals surface area contributed by atoms with Crippen molar-refractivity contribution in [2.24, 2.45) is 0 Å². The van der Waals surface area contributed by atoms with Crippen molar-refractivity contribution in [1.29, 1.82) is 5.26 Å². The third-order valence-corrected chi connectivity index (χ3v) is 2.97. The van der Waals surface area contributed by atoms with Gasteiger partial charge in [0.1, 0.15) is 6.54 Å². The third kappa shape index (κ3) is 3.86. The van der Waals surface area contributed by atoms with E-state index in [2.05, 4.69) is 11.4 Å². The number of quaternary nitrogens is 1. The summed E-state index contributed by atoms with van der Waals surface area (Å²) in [6.45, 7) is 1.24. The summed E-state index contributed by atoms with van der Waals surface area (Å²) in [4.78, 5) is 12.8. The first-order valence-electron chi connectivity index (χ1n) is 6.27. The molecule has 0 heterocycles. The lowest BCUT2D eigenvalue weighted by molar-refractivity contribution is -0.885. The van der Waals surface area contributed by atoms with Gasteiger partial charge in [0.25, 0.3) is 5.91 Å². The van der Waals surface area contributed by atoms with Gasteiger partial charge in [0.15, 0.2) is 6.54 Å². The van der Waals surface area contributed by atoms with Gasteiger partial charge in [-0.3, -0.25) is 4.79 Å². The molecule has 1 unspecified atom stereocenters. The van der Waals surface area contributed by atoms with E-state index in [1.807, 2.05) is 25.2 Å². The molecule has 0 spiro atoms.